The molecule has 0 atom stereocenters. The Labute approximate surface area is 123 Å². The quantitative estimate of drug-likeness (QED) is 0.666. The molecule has 0 bridgehead atoms. The van der Waals surface area contributed by atoms with Crippen LogP contribution in [0.3, 0.4) is 0 Å². The van der Waals surface area contributed by atoms with Gasteiger partial charge in [-0.05, 0) is 49.3 Å². The maximum atomic E-state index is 12.5. The van der Waals surface area contributed by atoms with E-state index >= 15 is 0 Å². The van der Waals surface area contributed by atoms with Crippen molar-refractivity contribution in [3.8, 4) is 0 Å². The third-order valence-corrected chi connectivity index (χ3v) is 4.30. The van der Waals surface area contributed by atoms with Crippen LogP contribution in [0.1, 0.15) is 38.2 Å². The Hall–Kier alpha value is -2.24. The number of rotatable bonds is 2. The topological polar surface area (TPSA) is 74.7 Å². The van der Waals surface area contributed by atoms with Gasteiger partial charge in [-0.3, -0.25) is 9.78 Å². The van der Waals surface area contributed by atoms with E-state index < -0.39 is 11.6 Å². The molecule has 2 fully saturated rings. The minimum atomic E-state index is -0.737. The van der Waals surface area contributed by atoms with Gasteiger partial charge < -0.3 is 5.32 Å². The molecule has 0 unspecified atom stereocenters. The van der Waals surface area contributed by atoms with Crippen molar-refractivity contribution in [3.63, 3.8) is 0 Å². The van der Waals surface area contributed by atoms with Crippen molar-refractivity contribution in [1.82, 2.24) is 15.3 Å². The fraction of sp³-hybridized carbons (Fsp3) is 0.467. The van der Waals surface area contributed by atoms with E-state index in [1.807, 2.05) is 0 Å². The Balaban J connectivity index is 1.77. The van der Waals surface area contributed by atoms with E-state index in [9.17, 15) is 9.59 Å². The first-order valence-corrected chi connectivity index (χ1v) is 7.21. The van der Waals surface area contributed by atoms with E-state index in [2.05, 4.69) is 22.3 Å². The molecular formula is C15H18N4O2. The summed E-state index contributed by atoms with van der Waals surface area (Å²) in [7, 11) is 0. The summed E-state index contributed by atoms with van der Waals surface area (Å²) in [5.74, 6) is 0.374. The average Bonchev–Trinajstić information content (AvgIpc) is 2.73. The Morgan fingerprint density at radius 1 is 1.33 bits per heavy atom. The predicted molar refractivity (Wildman–Crippen MR) is 77.6 cm³/mol. The van der Waals surface area contributed by atoms with Crippen LogP contribution in [0.2, 0.25) is 0 Å². The lowest BCUT2D eigenvalue weighted by Gasteiger charge is -2.33. The summed E-state index contributed by atoms with van der Waals surface area (Å²) >= 11 is 0. The SMILES string of the molecule is CC1CCC2(CC1)NC(=O)N(/N=C\c1ccncc1)C2=O. The number of amides is 3. The molecule has 1 aliphatic heterocycles. The number of hydrogen-bond acceptors (Lipinski definition) is 4. The van der Waals surface area contributed by atoms with E-state index in [4.69, 9.17) is 0 Å². The van der Waals surface area contributed by atoms with Gasteiger partial charge in [-0.2, -0.15) is 5.10 Å². The highest BCUT2D eigenvalue weighted by atomic mass is 16.2. The third kappa shape index (κ3) is 2.53. The Kier molecular flexibility index (Phi) is 3.45. The second kappa shape index (κ2) is 5.27. The molecule has 3 amide bonds. The van der Waals surface area contributed by atoms with Crippen LogP contribution in [0, 0.1) is 5.92 Å². The molecule has 1 saturated carbocycles. The zero-order valence-corrected chi connectivity index (χ0v) is 12.0. The summed E-state index contributed by atoms with van der Waals surface area (Å²) < 4.78 is 0. The van der Waals surface area contributed by atoms with Crippen LogP contribution in [-0.4, -0.2) is 33.7 Å². The van der Waals surface area contributed by atoms with Gasteiger partial charge in [0.2, 0.25) is 0 Å². The molecule has 3 rings (SSSR count). The largest absolute Gasteiger partial charge is 0.346 e. The number of pyridine rings is 1. The summed E-state index contributed by atoms with van der Waals surface area (Å²) in [6, 6.07) is 3.10. The van der Waals surface area contributed by atoms with Gasteiger partial charge in [0, 0.05) is 12.4 Å². The van der Waals surface area contributed by atoms with Crippen molar-refractivity contribution >= 4 is 18.2 Å². The number of carbonyl (C=O) groups is 2. The molecular weight excluding hydrogens is 268 g/mol. The van der Waals surface area contributed by atoms with Crippen molar-refractivity contribution in [2.75, 3.05) is 0 Å². The molecule has 6 heteroatoms. The third-order valence-electron chi connectivity index (χ3n) is 4.30. The van der Waals surface area contributed by atoms with Gasteiger partial charge in [-0.1, -0.05) is 6.92 Å². The van der Waals surface area contributed by atoms with Gasteiger partial charge in [0.25, 0.3) is 5.91 Å². The van der Waals surface area contributed by atoms with Gasteiger partial charge in [0.1, 0.15) is 5.54 Å². The molecule has 0 aromatic carbocycles. The fourth-order valence-corrected chi connectivity index (χ4v) is 2.88. The van der Waals surface area contributed by atoms with Gasteiger partial charge >= 0.3 is 6.03 Å². The smallest absolute Gasteiger partial charge is 0.321 e. The van der Waals surface area contributed by atoms with E-state index in [0.29, 0.717) is 18.8 Å². The normalized spacial score (nSPS) is 29.4. The van der Waals surface area contributed by atoms with Crippen LogP contribution in [0.15, 0.2) is 29.6 Å². The number of hydrogen-bond donors (Lipinski definition) is 1. The number of imide groups is 1. The minimum Gasteiger partial charge on any atom is -0.321 e. The molecule has 1 aromatic heterocycles. The summed E-state index contributed by atoms with van der Waals surface area (Å²) in [6.45, 7) is 2.17. The van der Waals surface area contributed by atoms with Crippen molar-refractivity contribution in [2.24, 2.45) is 11.0 Å². The van der Waals surface area contributed by atoms with Gasteiger partial charge in [-0.15, -0.1) is 5.01 Å². The number of urea groups is 1. The number of hydrazone groups is 1. The minimum absolute atomic E-state index is 0.232. The molecule has 21 heavy (non-hydrogen) atoms. The maximum Gasteiger partial charge on any atom is 0.346 e. The highest BCUT2D eigenvalue weighted by molar-refractivity contribution is 6.07. The zero-order valence-electron chi connectivity index (χ0n) is 12.0. The summed E-state index contributed by atoms with van der Waals surface area (Å²) in [4.78, 5) is 28.5. The highest BCUT2D eigenvalue weighted by Crippen LogP contribution is 2.36. The Bertz CT molecular complexity index is 577. The lowest BCUT2D eigenvalue weighted by atomic mass is 9.77. The number of carbonyl (C=O) groups excluding carboxylic acids is 2. The van der Waals surface area contributed by atoms with Gasteiger partial charge in [0.05, 0.1) is 6.21 Å². The first kappa shape index (κ1) is 13.7. The van der Waals surface area contributed by atoms with E-state index in [1.165, 1.54) is 6.21 Å². The Morgan fingerprint density at radius 3 is 2.67 bits per heavy atom. The second-order valence-electron chi connectivity index (χ2n) is 5.84. The average molecular weight is 286 g/mol. The van der Waals surface area contributed by atoms with Gasteiger partial charge in [-0.25, -0.2) is 4.79 Å². The van der Waals surface area contributed by atoms with Crippen LogP contribution in [0.25, 0.3) is 0 Å². The lowest BCUT2D eigenvalue weighted by Crippen LogP contribution is -2.49. The molecule has 0 radical (unpaired) electrons. The van der Waals surface area contributed by atoms with Crippen molar-refractivity contribution in [2.45, 2.75) is 38.1 Å². The summed E-state index contributed by atoms with van der Waals surface area (Å²) in [6.07, 6.45) is 8.07. The summed E-state index contributed by atoms with van der Waals surface area (Å²) in [5.41, 5.74) is 0.0583. The van der Waals surface area contributed by atoms with Crippen LogP contribution in [-0.2, 0) is 4.79 Å². The molecule has 110 valence electrons. The molecule has 1 N–H and O–H groups in total. The van der Waals surface area contributed by atoms with Crippen LogP contribution in [0.5, 0.6) is 0 Å². The number of nitrogens with zero attached hydrogens (tertiary/aromatic N) is 3. The molecule has 2 heterocycles. The molecule has 1 saturated heterocycles. The maximum absolute atomic E-state index is 12.5. The molecule has 2 aliphatic rings. The summed E-state index contributed by atoms with van der Waals surface area (Å²) in [5, 5.41) is 7.84. The number of nitrogens with one attached hydrogen (secondary N) is 1. The lowest BCUT2D eigenvalue weighted by molar-refractivity contribution is -0.132. The molecule has 1 aromatic rings. The Morgan fingerprint density at radius 2 is 2.00 bits per heavy atom. The van der Waals surface area contributed by atoms with Crippen LogP contribution < -0.4 is 5.32 Å². The second-order valence-corrected chi connectivity index (χ2v) is 5.84. The van der Waals surface area contributed by atoms with Crippen LogP contribution >= 0.6 is 0 Å². The van der Waals surface area contributed by atoms with Crippen molar-refractivity contribution in [3.05, 3.63) is 30.1 Å². The van der Waals surface area contributed by atoms with Crippen molar-refractivity contribution < 1.29 is 9.59 Å². The van der Waals surface area contributed by atoms with Gasteiger partial charge in [0.15, 0.2) is 0 Å². The van der Waals surface area contributed by atoms with E-state index in [1.54, 1.807) is 24.5 Å². The monoisotopic (exact) mass is 286 g/mol. The number of aromatic nitrogens is 1. The van der Waals surface area contributed by atoms with E-state index in [-0.39, 0.29) is 5.91 Å². The first-order chi connectivity index (χ1) is 10.1. The van der Waals surface area contributed by atoms with Crippen LogP contribution in [0.4, 0.5) is 4.79 Å². The first-order valence-electron chi connectivity index (χ1n) is 7.21. The highest BCUT2D eigenvalue weighted by Gasteiger charge is 2.52. The zero-order chi connectivity index (χ0) is 14.9. The molecule has 6 nitrogen and oxygen atoms in total. The molecule has 1 aliphatic carbocycles. The van der Waals surface area contributed by atoms with Crippen molar-refractivity contribution in [1.29, 1.82) is 0 Å². The predicted octanol–water partition coefficient (Wildman–Crippen LogP) is 1.92. The standard InChI is InChI=1S/C15H18N4O2/c1-11-2-6-15(7-3-11)13(20)19(14(21)18-15)17-10-12-4-8-16-9-5-12/h4-5,8-11H,2-3,6-7H2,1H3,(H,18,21)/b17-10-. The van der Waals surface area contributed by atoms with E-state index in [0.717, 1.165) is 23.4 Å². The molecule has 1 spiro atoms. The fourth-order valence-electron chi connectivity index (χ4n) is 2.88.